The Hall–Kier alpha value is -0.780. The summed E-state index contributed by atoms with van der Waals surface area (Å²) in [4.78, 5) is 12.4. The molecule has 0 saturated heterocycles. The summed E-state index contributed by atoms with van der Waals surface area (Å²) in [6.07, 6.45) is 0. The van der Waals surface area contributed by atoms with E-state index < -0.39 is 0 Å². The van der Waals surface area contributed by atoms with Gasteiger partial charge in [-0.25, -0.2) is 0 Å². The fraction of sp³-hybridized carbons (Fsp3) is 0.500. The first kappa shape index (κ1) is 15.2. The van der Waals surface area contributed by atoms with E-state index in [0.29, 0.717) is 17.2 Å². The molecule has 4 nitrogen and oxygen atoms in total. The normalized spacial score (nSPS) is 10.5. The molecule has 0 unspecified atom stereocenters. The van der Waals surface area contributed by atoms with E-state index in [0.717, 1.165) is 0 Å². The zero-order chi connectivity index (χ0) is 11.5. The zero-order valence-electron chi connectivity index (χ0n) is 9.57. The summed E-state index contributed by atoms with van der Waals surface area (Å²) in [6, 6.07) is 1.71. The van der Waals surface area contributed by atoms with Crippen molar-refractivity contribution in [2.75, 3.05) is 13.7 Å². The van der Waals surface area contributed by atoms with Crippen molar-refractivity contribution < 1.29 is 9.53 Å². The van der Waals surface area contributed by atoms with Crippen molar-refractivity contribution in [3.05, 3.63) is 16.3 Å². The molecule has 0 aliphatic heterocycles. The van der Waals surface area contributed by atoms with Crippen LogP contribution in [0.5, 0.6) is 5.75 Å². The van der Waals surface area contributed by atoms with E-state index in [9.17, 15) is 4.79 Å². The van der Waals surface area contributed by atoms with Gasteiger partial charge in [-0.15, -0.1) is 23.7 Å². The predicted octanol–water partition coefficient (Wildman–Crippen LogP) is 1.65. The summed E-state index contributed by atoms with van der Waals surface area (Å²) in [7, 11) is 1.58. The van der Waals surface area contributed by atoms with E-state index in [1.54, 1.807) is 18.6 Å². The Morgan fingerprint density at radius 1 is 1.62 bits per heavy atom. The standard InChI is InChI=1S/C10H16N2O2S.ClH/c1-10(2,6-11)12-9(13)8-4-7(14-3)5-15-8;/h4-5H,6,11H2,1-3H3,(H,12,13);1H. The Balaban J connectivity index is 0.00000225. The second kappa shape index (κ2) is 6.08. The number of nitrogens with one attached hydrogen (secondary N) is 1. The lowest BCUT2D eigenvalue weighted by molar-refractivity contribution is 0.0919. The molecule has 1 heterocycles. The summed E-state index contributed by atoms with van der Waals surface area (Å²) in [5, 5.41) is 4.65. The molecule has 0 spiro atoms. The van der Waals surface area contributed by atoms with Crippen LogP contribution in [0.2, 0.25) is 0 Å². The molecule has 1 aromatic heterocycles. The summed E-state index contributed by atoms with van der Waals surface area (Å²) < 4.78 is 5.01. The molecule has 1 rings (SSSR count). The van der Waals surface area contributed by atoms with Crippen LogP contribution in [0.3, 0.4) is 0 Å². The molecule has 92 valence electrons. The van der Waals surface area contributed by atoms with Crippen LogP contribution >= 0.6 is 23.7 Å². The number of thiophene rings is 1. The molecule has 0 radical (unpaired) electrons. The van der Waals surface area contributed by atoms with Gasteiger partial charge in [0, 0.05) is 23.5 Å². The van der Waals surface area contributed by atoms with Crippen LogP contribution in [-0.4, -0.2) is 25.1 Å². The summed E-state index contributed by atoms with van der Waals surface area (Å²) in [5.41, 5.74) is 5.15. The maximum atomic E-state index is 11.7. The first-order valence-corrected chi connectivity index (χ1v) is 5.51. The highest BCUT2D eigenvalue weighted by atomic mass is 35.5. The maximum absolute atomic E-state index is 11.7. The van der Waals surface area contributed by atoms with Gasteiger partial charge in [0.2, 0.25) is 0 Å². The molecule has 0 aliphatic carbocycles. The van der Waals surface area contributed by atoms with E-state index >= 15 is 0 Å². The van der Waals surface area contributed by atoms with Crippen molar-refractivity contribution in [1.29, 1.82) is 0 Å². The molecule has 3 N–H and O–H groups in total. The van der Waals surface area contributed by atoms with Gasteiger partial charge in [0.25, 0.3) is 5.91 Å². The number of hydrogen-bond donors (Lipinski definition) is 2. The van der Waals surface area contributed by atoms with Crippen LogP contribution in [0.25, 0.3) is 0 Å². The number of rotatable bonds is 4. The van der Waals surface area contributed by atoms with Crippen molar-refractivity contribution in [1.82, 2.24) is 5.32 Å². The van der Waals surface area contributed by atoms with Crippen LogP contribution in [0.4, 0.5) is 0 Å². The van der Waals surface area contributed by atoms with Crippen LogP contribution in [0.15, 0.2) is 11.4 Å². The predicted molar refractivity (Wildman–Crippen MR) is 68.7 cm³/mol. The van der Waals surface area contributed by atoms with Crippen LogP contribution in [-0.2, 0) is 0 Å². The maximum Gasteiger partial charge on any atom is 0.261 e. The van der Waals surface area contributed by atoms with Crippen molar-refractivity contribution in [3.63, 3.8) is 0 Å². The Bertz CT molecular complexity index is 352. The lowest BCUT2D eigenvalue weighted by Gasteiger charge is -2.23. The van der Waals surface area contributed by atoms with Crippen LogP contribution in [0.1, 0.15) is 23.5 Å². The number of halogens is 1. The lowest BCUT2D eigenvalue weighted by atomic mass is 10.1. The fourth-order valence-corrected chi connectivity index (χ4v) is 1.71. The number of hydrogen-bond acceptors (Lipinski definition) is 4. The Morgan fingerprint density at radius 2 is 2.25 bits per heavy atom. The summed E-state index contributed by atoms with van der Waals surface area (Å²) >= 11 is 1.36. The van der Waals surface area contributed by atoms with Gasteiger partial charge in [-0.1, -0.05) is 0 Å². The highest BCUT2D eigenvalue weighted by Gasteiger charge is 2.20. The average Bonchev–Trinajstić information content (AvgIpc) is 2.65. The van der Waals surface area contributed by atoms with Gasteiger partial charge in [0.1, 0.15) is 5.75 Å². The molecule has 0 aromatic carbocycles. The quantitative estimate of drug-likeness (QED) is 0.869. The second-order valence-electron chi connectivity index (χ2n) is 3.89. The average molecular weight is 265 g/mol. The smallest absolute Gasteiger partial charge is 0.261 e. The number of nitrogens with two attached hydrogens (primary N) is 1. The number of amides is 1. The minimum Gasteiger partial charge on any atom is -0.496 e. The minimum atomic E-state index is -0.381. The Morgan fingerprint density at radius 3 is 2.69 bits per heavy atom. The van der Waals surface area contributed by atoms with Crippen LogP contribution in [0, 0.1) is 0 Å². The Labute approximate surface area is 106 Å². The molecule has 0 saturated carbocycles. The molecule has 0 fully saturated rings. The van der Waals surface area contributed by atoms with Gasteiger partial charge in [-0.05, 0) is 13.8 Å². The molecule has 0 aliphatic rings. The monoisotopic (exact) mass is 264 g/mol. The minimum absolute atomic E-state index is 0. The van der Waals surface area contributed by atoms with Gasteiger partial charge in [0.15, 0.2) is 0 Å². The third-order valence-corrected chi connectivity index (χ3v) is 2.90. The topological polar surface area (TPSA) is 64.3 Å². The highest BCUT2D eigenvalue weighted by Crippen LogP contribution is 2.21. The van der Waals surface area contributed by atoms with E-state index in [-0.39, 0.29) is 23.9 Å². The zero-order valence-corrected chi connectivity index (χ0v) is 11.2. The Kier molecular flexibility index (Phi) is 5.78. The van der Waals surface area contributed by atoms with Crippen LogP contribution < -0.4 is 15.8 Å². The van der Waals surface area contributed by atoms with Crippen molar-refractivity contribution >= 4 is 29.7 Å². The van der Waals surface area contributed by atoms with Gasteiger partial charge in [0.05, 0.1) is 12.0 Å². The first-order valence-electron chi connectivity index (χ1n) is 4.63. The van der Waals surface area contributed by atoms with E-state index in [1.165, 1.54) is 11.3 Å². The molecule has 1 amide bonds. The van der Waals surface area contributed by atoms with E-state index in [2.05, 4.69) is 5.32 Å². The third-order valence-electron chi connectivity index (χ3n) is 2.00. The summed E-state index contributed by atoms with van der Waals surface area (Å²) in [6.45, 7) is 4.17. The number of carbonyl (C=O) groups excluding carboxylic acids is 1. The molecule has 6 heteroatoms. The molecule has 0 atom stereocenters. The van der Waals surface area contributed by atoms with Gasteiger partial charge in [-0.3, -0.25) is 4.79 Å². The number of carbonyl (C=O) groups is 1. The van der Waals surface area contributed by atoms with Gasteiger partial charge < -0.3 is 15.8 Å². The first-order chi connectivity index (χ1) is 6.98. The molecular weight excluding hydrogens is 248 g/mol. The van der Waals surface area contributed by atoms with Crippen molar-refractivity contribution in [2.24, 2.45) is 5.73 Å². The molecule has 16 heavy (non-hydrogen) atoms. The molecule has 1 aromatic rings. The SMILES string of the molecule is COc1csc(C(=O)NC(C)(C)CN)c1.Cl. The van der Waals surface area contributed by atoms with Crippen molar-refractivity contribution in [2.45, 2.75) is 19.4 Å². The van der Waals surface area contributed by atoms with Gasteiger partial charge in [-0.2, -0.15) is 0 Å². The second-order valence-corrected chi connectivity index (χ2v) is 4.80. The number of methoxy groups -OCH3 is 1. The third kappa shape index (κ3) is 4.00. The molecule has 0 bridgehead atoms. The largest absolute Gasteiger partial charge is 0.496 e. The van der Waals surface area contributed by atoms with E-state index in [1.807, 2.05) is 13.8 Å². The lowest BCUT2D eigenvalue weighted by Crippen LogP contribution is -2.48. The summed E-state index contributed by atoms with van der Waals surface area (Å²) in [5.74, 6) is 0.592. The van der Waals surface area contributed by atoms with E-state index in [4.69, 9.17) is 10.5 Å². The number of ether oxygens (including phenoxy) is 1. The van der Waals surface area contributed by atoms with Crippen molar-refractivity contribution in [3.8, 4) is 5.75 Å². The highest BCUT2D eigenvalue weighted by molar-refractivity contribution is 7.12. The molecular formula is C10H17ClN2O2S. The fourth-order valence-electron chi connectivity index (χ4n) is 0.965. The van der Waals surface area contributed by atoms with Gasteiger partial charge >= 0.3 is 0 Å².